The monoisotopic (exact) mass is 150 g/mol. The fraction of sp³-hybridized carbons (Fsp3) is 0. The molecule has 0 rings (SSSR count). The molecule has 0 aromatic rings. The van der Waals surface area contributed by atoms with E-state index in [2.05, 4.69) is 11.7 Å². The summed E-state index contributed by atoms with van der Waals surface area (Å²) >= 11 is 0. The minimum atomic E-state index is -4.67. The van der Waals surface area contributed by atoms with Gasteiger partial charge in [0.2, 0.25) is 0 Å². The first-order valence-electron chi connectivity index (χ1n) is 1.03. The van der Waals surface area contributed by atoms with E-state index in [1.165, 1.54) is 0 Å². The van der Waals surface area contributed by atoms with Crippen molar-refractivity contribution in [3.8, 4) is 0 Å². The van der Waals surface area contributed by atoms with Crippen LogP contribution in [0.5, 0.6) is 0 Å². The van der Waals surface area contributed by atoms with E-state index >= 15 is 0 Å². The zero-order chi connectivity index (χ0) is 6.50. The van der Waals surface area contributed by atoms with Crippen LogP contribution >= 0.6 is 0 Å². The summed E-state index contributed by atoms with van der Waals surface area (Å²) in [7, 11) is -4.67. The Morgan fingerprint density at radius 1 is 1.12 bits per heavy atom. The van der Waals surface area contributed by atoms with Crippen LogP contribution < -0.4 is 11.7 Å². The summed E-state index contributed by atoms with van der Waals surface area (Å²) in [6.07, 6.45) is 0. The smallest absolute Gasteiger partial charge is 0.274 e. The molecule has 8 heteroatoms. The van der Waals surface area contributed by atoms with Crippen LogP contribution in [-0.4, -0.2) is 17.5 Å². The second kappa shape index (κ2) is 6.72. The Morgan fingerprint density at radius 2 is 1.12 bits per heavy atom. The Morgan fingerprint density at radius 3 is 1.12 bits per heavy atom. The van der Waals surface area contributed by atoms with E-state index in [0.717, 1.165) is 0 Å². The second-order valence-electron chi connectivity index (χ2n) is 0.448. The molecule has 0 spiro atoms. The van der Waals surface area contributed by atoms with Crippen molar-refractivity contribution in [3.05, 3.63) is 0 Å². The zero-order valence-corrected chi connectivity index (χ0v) is 4.50. The molecule has 0 heterocycles. The summed E-state index contributed by atoms with van der Waals surface area (Å²) in [5, 5.41) is 0. The third-order valence-electron chi connectivity index (χ3n) is 0. The van der Waals surface area contributed by atoms with Crippen LogP contribution in [0, 0.1) is 0 Å². The third-order valence-corrected chi connectivity index (χ3v) is 0. The predicted molar refractivity (Wildman–Crippen MR) is 25.1 cm³/mol. The summed E-state index contributed by atoms with van der Waals surface area (Å²) in [6.45, 7) is 0. The molecule has 0 saturated heterocycles. The first-order chi connectivity index (χ1) is 3.00. The van der Waals surface area contributed by atoms with Crippen molar-refractivity contribution in [1.29, 1.82) is 0 Å². The lowest BCUT2D eigenvalue weighted by Gasteiger charge is -1.68. The van der Waals surface area contributed by atoms with Crippen LogP contribution in [0.25, 0.3) is 0 Å². The van der Waals surface area contributed by atoms with Gasteiger partial charge in [0.25, 0.3) is 0 Å². The SMILES string of the molecule is F.NN.O=S(=O)(O)O. The molecule has 0 aromatic carbocycles. The number of nitrogens with two attached hydrogens (primary N) is 2. The van der Waals surface area contributed by atoms with Gasteiger partial charge in [-0.05, 0) is 0 Å². The van der Waals surface area contributed by atoms with Crippen LogP contribution in [-0.2, 0) is 10.4 Å². The molecular weight excluding hydrogens is 143 g/mol. The predicted octanol–water partition coefficient (Wildman–Crippen LogP) is -1.68. The molecule has 6 N–H and O–H groups in total. The Balaban J connectivity index is -0.0000000750. The fourth-order valence-electron chi connectivity index (χ4n) is 0. The Bertz CT molecular complexity index is 97.2. The lowest BCUT2D eigenvalue weighted by molar-refractivity contribution is 0.381. The molecule has 0 fully saturated rings. The number of hydrogen-bond donors (Lipinski definition) is 4. The van der Waals surface area contributed by atoms with Crippen LogP contribution in [0.2, 0.25) is 0 Å². The molecule has 0 unspecified atom stereocenters. The normalized spacial score (nSPS) is 8.00. The molecule has 0 aromatic heterocycles. The summed E-state index contributed by atoms with van der Waals surface area (Å²) in [5.41, 5.74) is 0. The van der Waals surface area contributed by atoms with Crippen molar-refractivity contribution in [2.45, 2.75) is 0 Å². The van der Waals surface area contributed by atoms with Crippen molar-refractivity contribution in [2.24, 2.45) is 11.7 Å². The minimum Gasteiger partial charge on any atom is -0.274 e. The van der Waals surface area contributed by atoms with Gasteiger partial charge in [0.05, 0.1) is 0 Å². The summed E-state index contributed by atoms with van der Waals surface area (Å²) in [5.74, 6) is 8.00. The lowest BCUT2D eigenvalue weighted by atomic mass is 13.0. The quantitative estimate of drug-likeness (QED) is 0.185. The summed E-state index contributed by atoms with van der Waals surface area (Å²) in [4.78, 5) is 0. The molecular formula is H7FN2O4S. The van der Waals surface area contributed by atoms with Crippen molar-refractivity contribution < 1.29 is 22.2 Å². The van der Waals surface area contributed by atoms with E-state index in [0.29, 0.717) is 0 Å². The van der Waals surface area contributed by atoms with Gasteiger partial charge in [0.1, 0.15) is 0 Å². The molecule has 6 nitrogen and oxygen atoms in total. The number of hydrazine groups is 1. The summed E-state index contributed by atoms with van der Waals surface area (Å²) < 4.78 is 31.6. The molecule has 8 heavy (non-hydrogen) atoms. The number of halogens is 1. The first-order valence-corrected chi connectivity index (χ1v) is 2.43. The van der Waals surface area contributed by atoms with Crippen LogP contribution in [0.15, 0.2) is 0 Å². The third kappa shape index (κ3) is 1630. The molecule has 0 amide bonds. The van der Waals surface area contributed by atoms with Crippen LogP contribution in [0.4, 0.5) is 4.70 Å². The van der Waals surface area contributed by atoms with Gasteiger partial charge in [-0.1, -0.05) is 0 Å². The summed E-state index contributed by atoms with van der Waals surface area (Å²) in [6, 6.07) is 0. The van der Waals surface area contributed by atoms with Crippen molar-refractivity contribution in [2.75, 3.05) is 0 Å². The van der Waals surface area contributed by atoms with Gasteiger partial charge in [-0.15, -0.1) is 0 Å². The molecule has 0 saturated carbocycles. The Kier molecular flexibility index (Phi) is 13.1. The van der Waals surface area contributed by atoms with Gasteiger partial charge in [0.15, 0.2) is 0 Å². The van der Waals surface area contributed by atoms with E-state index in [9.17, 15) is 0 Å². The van der Waals surface area contributed by atoms with Gasteiger partial charge in [-0.3, -0.25) is 25.5 Å². The van der Waals surface area contributed by atoms with Gasteiger partial charge in [-0.25, -0.2) is 0 Å². The van der Waals surface area contributed by atoms with Crippen molar-refractivity contribution >= 4 is 10.4 Å². The van der Waals surface area contributed by atoms with Crippen molar-refractivity contribution in [1.82, 2.24) is 0 Å². The first kappa shape index (κ1) is 15.6. The molecule has 0 atom stereocenters. The van der Waals surface area contributed by atoms with Gasteiger partial charge in [0, 0.05) is 0 Å². The van der Waals surface area contributed by atoms with Gasteiger partial charge >= 0.3 is 10.4 Å². The van der Waals surface area contributed by atoms with Crippen molar-refractivity contribution in [3.63, 3.8) is 0 Å². The van der Waals surface area contributed by atoms with E-state index in [4.69, 9.17) is 17.5 Å². The maximum absolute atomic E-state index is 8.74. The highest BCUT2D eigenvalue weighted by Gasteiger charge is 1.84. The van der Waals surface area contributed by atoms with E-state index < -0.39 is 10.4 Å². The number of rotatable bonds is 0. The van der Waals surface area contributed by atoms with E-state index in [1.54, 1.807) is 0 Å². The highest BCUT2D eigenvalue weighted by molar-refractivity contribution is 7.79. The maximum Gasteiger partial charge on any atom is 0.394 e. The molecule has 0 aliphatic heterocycles. The maximum atomic E-state index is 8.74. The van der Waals surface area contributed by atoms with Gasteiger partial charge < -0.3 is 0 Å². The largest absolute Gasteiger partial charge is 0.394 e. The van der Waals surface area contributed by atoms with E-state index in [1.807, 2.05) is 0 Å². The van der Waals surface area contributed by atoms with Gasteiger partial charge in [-0.2, -0.15) is 8.42 Å². The second-order valence-corrected chi connectivity index (χ2v) is 1.34. The average molecular weight is 150 g/mol. The zero-order valence-electron chi connectivity index (χ0n) is 3.68. The standard InChI is InChI=1S/FH.H4N2.H2O4S/c;1-2;1-5(2,3)4/h1H;1-2H2;(H2,1,2,3,4). The molecule has 0 aliphatic rings. The Labute approximate surface area is 45.4 Å². The van der Waals surface area contributed by atoms with E-state index in [-0.39, 0.29) is 4.70 Å². The minimum absolute atomic E-state index is 0. The van der Waals surface area contributed by atoms with Crippen LogP contribution in [0.1, 0.15) is 0 Å². The highest BCUT2D eigenvalue weighted by Crippen LogP contribution is 1.59. The highest BCUT2D eigenvalue weighted by atomic mass is 32.3. The Hall–Kier alpha value is -0.280. The van der Waals surface area contributed by atoms with Crippen LogP contribution in [0.3, 0.4) is 0 Å². The topological polar surface area (TPSA) is 127 Å². The molecule has 0 radical (unpaired) electrons. The lowest BCUT2D eigenvalue weighted by Crippen LogP contribution is -2.02. The molecule has 0 aliphatic carbocycles. The average Bonchev–Trinajstić information content (AvgIpc) is 1.36. The fourth-order valence-corrected chi connectivity index (χ4v) is 0. The molecule has 54 valence electrons. The number of hydrogen-bond acceptors (Lipinski definition) is 4. The molecule has 0 bridgehead atoms.